The average molecular weight is 498 g/mol. The average Bonchev–Trinajstić information content (AvgIpc) is 2.90. The summed E-state index contributed by atoms with van der Waals surface area (Å²) < 4.78 is 0. The van der Waals surface area contributed by atoms with Gasteiger partial charge in [0.05, 0.1) is 16.6 Å². The lowest BCUT2D eigenvalue weighted by atomic mass is 9.98. The van der Waals surface area contributed by atoms with Crippen molar-refractivity contribution in [1.29, 1.82) is 0 Å². The summed E-state index contributed by atoms with van der Waals surface area (Å²) in [5, 5.41) is 5.90. The lowest BCUT2D eigenvalue weighted by Gasteiger charge is -2.32. The molecule has 0 spiro atoms. The van der Waals surface area contributed by atoms with Crippen LogP contribution >= 0.6 is 11.6 Å². The van der Waals surface area contributed by atoms with Crippen molar-refractivity contribution >= 4 is 28.3 Å². The Morgan fingerprint density at radius 3 is 2.36 bits per heavy atom. The first-order valence-corrected chi connectivity index (χ1v) is 12.9. The normalized spacial score (nSPS) is 15.6. The van der Waals surface area contributed by atoms with Crippen molar-refractivity contribution in [3.63, 3.8) is 0 Å². The molecule has 0 aromatic heterocycles. The van der Waals surface area contributed by atoms with Crippen LogP contribution < -0.4 is 5.32 Å². The fraction of sp³-hybridized carbons (Fsp3) is 0.258. The third-order valence-electron chi connectivity index (χ3n) is 7.14. The predicted molar refractivity (Wildman–Crippen MR) is 149 cm³/mol. The fourth-order valence-corrected chi connectivity index (χ4v) is 5.13. The van der Waals surface area contributed by atoms with Crippen molar-refractivity contribution < 1.29 is 4.79 Å². The monoisotopic (exact) mass is 497 g/mol. The van der Waals surface area contributed by atoms with Crippen molar-refractivity contribution in [3.8, 4) is 11.1 Å². The third-order valence-corrected chi connectivity index (χ3v) is 7.47. The zero-order valence-corrected chi connectivity index (χ0v) is 21.6. The molecule has 184 valence electrons. The Morgan fingerprint density at radius 2 is 1.58 bits per heavy atom. The third kappa shape index (κ3) is 5.46. The minimum atomic E-state index is -0.172. The molecule has 1 fully saturated rings. The summed E-state index contributed by atoms with van der Waals surface area (Å²) in [6, 6.07) is 28.6. The van der Waals surface area contributed by atoms with Crippen molar-refractivity contribution in [3.05, 3.63) is 107 Å². The molecule has 0 radical (unpaired) electrons. The number of hydrogen-bond acceptors (Lipinski definition) is 3. The molecule has 1 aliphatic heterocycles. The Balaban J connectivity index is 1.31. The molecule has 1 aliphatic rings. The Bertz CT molecular complexity index is 1350. The largest absolute Gasteiger partial charge is 0.345 e. The number of nitrogens with zero attached hydrogens (tertiary/aromatic N) is 2. The van der Waals surface area contributed by atoms with Crippen molar-refractivity contribution in [2.24, 2.45) is 0 Å². The van der Waals surface area contributed by atoms with E-state index in [1.165, 1.54) is 5.56 Å². The van der Waals surface area contributed by atoms with E-state index in [4.69, 9.17) is 11.6 Å². The molecule has 5 heteroatoms. The van der Waals surface area contributed by atoms with Gasteiger partial charge < -0.3 is 10.2 Å². The molecule has 4 aromatic carbocycles. The smallest absolute Gasteiger partial charge is 0.253 e. The lowest BCUT2D eigenvalue weighted by Crippen LogP contribution is -2.43. The Kier molecular flexibility index (Phi) is 7.38. The minimum absolute atomic E-state index is 0.155. The van der Waals surface area contributed by atoms with E-state index in [1.807, 2.05) is 43.3 Å². The number of nitrogens with one attached hydrogen (secondary N) is 1. The van der Waals surface area contributed by atoms with Crippen LogP contribution in [0.5, 0.6) is 0 Å². The van der Waals surface area contributed by atoms with Crippen LogP contribution in [0.3, 0.4) is 0 Å². The minimum Gasteiger partial charge on any atom is -0.345 e. The molecule has 4 nitrogen and oxygen atoms in total. The van der Waals surface area contributed by atoms with Crippen LogP contribution in [0, 0.1) is 0 Å². The molecule has 0 bridgehead atoms. The molecule has 1 heterocycles. The van der Waals surface area contributed by atoms with Gasteiger partial charge in [-0.25, -0.2) is 0 Å². The van der Waals surface area contributed by atoms with E-state index in [0.29, 0.717) is 10.6 Å². The highest BCUT2D eigenvalue weighted by Gasteiger charge is 2.17. The molecule has 1 amide bonds. The van der Waals surface area contributed by atoms with Crippen LogP contribution in [0.1, 0.15) is 34.5 Å². The lowest BCUT2D eigenvalue weighted by molar-refractivity contribution is 0.0940. The van der Waals surface area contributed by atoms with E-state index in [1.54, 1.807) is 0 Å². The van der Waals surface area contributed by atoms with Gasteiger partial charge >= 0.3 is 0 Å². The summed E-state index contributed by atoms with van der Waals surface area (Å²) >= 11 is 6.48. The quantitative estimate of drug-likeness (QED) is 0.335. The first-order valence-electron chi connectivity index (χ1n) is 12.6. The number of rotatable bonds is 6. The topological polar surface area (TPSA) is 35.6 Å². The van der Waals surface area contributed by atoms with E-state index in [2.05, 4.69) is 70.7 Å². The highest BCUT2D eigenvalue weighted by Crippen LogP contribution is 2.28. The van der Waals surface area contributed by atoms with E-state index in [9.17, 15) is 4.79 Å². The van der Waals surface area contributed by atoms with Gasteiger partial charge in [-0.1, -0.05) is 84.4 Å². The number of carbonyl (C=O) groups excluding carboxylic acids is 1. The van der Waals surface area contributed by atoms with E-state index in [-0.39, 0.29) is 11.9 Å². The summed E-state index contributed by atoms with van der Waals surface area (Å²) in [7, 11) is 2.18. The molecule has 0 aliphatic carbocycles. The van der Waals surface area contributed by atoms with Gasteiger partial charge in [-0.3, -0.25) is 9.69 Å². The predicted octanol–water partition coefficient (Wildman–Crippen LogP) is 6.40. The Labute approximate surface area is 218 Å². The molecule has 0 unspecified atom stereocenters. The second kappa shape index (κ2) is 10.8. The number of benzene rings is 4. The van der Waals surface area contributed by atoms with Crippen LogP contribution in [0.25, 0.3) is 21.9 Å². The number of likely N-dealkylation sites (N-methyl/N-ethyl adjacent to an activating group) is 1. The summed E-state index contributed by atoms with van der Waals surface area (Å²) in [5.74, 6) is -0.172. The van der Waals surface area contributed by atoms with Crippen LogP contribution in [0.15, 0.2) is 84.9 Å². The number of piperazine rings is 1. The standard InChI is InChI=1S/C31H32ClN3O/c1-22(27-9-5-7-25-6-3-4-8-28(25)27)33-31(36)29-20-26(14-15-30(29)32)24-12-10-23(11-13-24)21-35-18-16-34(2)17-19-35/h3-15,20,22H,16-19,21H2,1-2H3,(H,33,36)/t22-/m1/s1. The first-order chi connectivity index (χ1) is 17.5. The van der Waals surface area contributed by atoms with Crippen LogP contribution in [0.2, 0.25) is 5.02 Å². The maximum absolute atomic E-state index is 13.3. The highest BCUT2D eigenvalue weighted by molar-refractivity contribution is 6.34. The first kappa shape index (κ1) is 24.5. The molecular formula is C31H32ClN3O. The number of amides is 1. The molecule has 0 saturated carbocycles. The highest BCUT2D eigenvalue weighted by atomic mass is 35.5. The van der Waals surface area contributed by atoms with Crippen molar-refractivity contribution in [1.82, 2.24) is 15.1 Å². The maximum Gasteiger partial charge on any atom is 0.253 e. The van der Waals surface area contributed by atoms with Crippen LogP contribution in [-0.4, -0.2) is 48.9 Å². The molecular weight excluding hydrogens is 466 g/mol. The number of hydrogen-bond donors (Lipinski definition) is 1. The van der Waals surface area contributed by atoms with Gasteiger partial charge in [0.1, 0.15) is 0 Å². The number of halogens is 1. The van der Waals surface area contributed by atoms with E-state index in [0.717, 1.165) is 60.2 Å². The maximum atomic E-state index is 13.3. The second-order valence-corrected chi connectivity index (χ2v) is 10.1. The van der Waals surface area contributed by atoms with E-state index >= 15 is 0 Å². The zero-order valence-electron chi connectivity index (χ0n) is 20.9. The van der Waals surface area contributed by atoms with Crippen LogP contribution in [-0.2, 0) is 6.54 Å². The van der Waals surface area contributed by atoms with Gasteiger partial charge in [0.25, 0.3) is 5.91 Å². The summed E-state index contributed by atoms with van der Waals surface area (Å²) in [5.41, 5.74) is 4.94. The van der Waals surface area contributed by atoms with Crippen molar-refractivity contribution in [2.75, 3.05) is 33.2 Å². The SMILES string of the molecule is C[C@@H](NC(=O)c1cc(-c2ccc(CN3CCN(C)CC3)cc2)ccc1Cl)c1cccc2ccccc12. The van der Waals surface area contributed by atoms with E-state index < -0.39 is 0 Å². The van der Waals surface area contributed by atoms with Gasteiger partial charge in [0.15, 0.2) is 0 Å². The van der Waals surface area contributed by atoms with Gasteiger partial charge in [0.2, 0.25) is 0 Å². The number of carbonyl (C=O) groups is 1. The Morgan fingerprint density at radius 1 is 0.889 bits per heavy atom. The molecule has 1 N–H and O–H groups in total. The zero-order chi connectivity index (χ0) is 25.1. The van der Waals surface area contributed by atoms with Gasteiger partial charge in [-0.05, 0) is 59.1 Å². The second-order valence-electron chi connectivity index (χ2n) is 9.73. The number of fused-ring (bicyclic) bond motifs is 1. The van der Waals surface area contributed by atoms with Gasteiger partial charge in [-0.2, -0.15) is 0 Å². The molecule has 1 atom stereocenters. The molecule has 5 rings (SSSR count). The molecule has 1 saturated heterocycles. The van der Waals surface area contributed by atoms with Gasteiger partial charge in [0, 0.05) is 32.7 Å². The van der Waals surface area contributed by atoms with Crippen LogP contribution in [0.4, 0.5) is 0 Å². The summed E-state index contributed by atoms with van der Waals surface area (Å²) in [6.45, 7) is 7.42. The Hall–Kier alpha value is -3.18. The molecule has 4 aromatic rings. The fourth-order valence-electron chi connectivity index (χ4n) is 4.93. The molecule has 36 heavy (non-hydrogen) atoms. The summed E-state index contributed by atoms with van der Waals surface area (Å²) in [4.78, 5) is 18.1. The summed E-state index contributed by atoms with van der Waals surface area (Å²) in [6.07, 6.45) is 0. The van der Waals surface area contributed by atoms with Gasteiger partial charge in [-0.15, -0.1) is 0 Å². The van der Waals surface area contributed by atoms with Crippen molar-refractivity contribution in [2.45, 2.75) is 19.5 Å².